The minimum atomic E-state index is -0.643. The molecule has 18 heavy (non-hydrogen) atoms. The summed E-state index contributed by atoms with van der Waals surface area (Å²) in [5.74, 6) is -0.754. The average Bonchev–Trinajstić information content (AvgIpc) is 2.15. The highest BCUT2D eigenvalue weighted by Crippen LogP contribution is 2.11. The highest BCUT2D eigenvalue weighted by atomic mass is 16.4. The highest BCUT2D eigenvalue weighted by Gasteiger charge is 2.12. The molecule has 2 unspecified atom stereocenters. The summed E-state index contributed by atoms with van der Waals surface area (Å²) >= 11 is 0. The molecule has 0 aliphatic carbocycles. The Balaban J connectivity index is 0. The molecule has 4 nitrogen and oxygen atoms in total. The molecule has 0 saturated carbocycles. The van der Waals surface area contributed by atoms with E-state index in [1.54, 1.807) is 0 Å². The van der Waals surface area contributed by atoms with Gasteiger partial charge in [-0.1, -0.05) is 26.7 Å². The molecule has 0 bridgehead atoms. The lowest BCUT2D eigenvalue weighted by atomic mass is 10.00. The second-order valence-electron chi connectivity index (χ2n) is 5.91. The van der Waals surface area contributed by atoms with Gasteiger partial charge >= 0.3 is 5.97 Å². The van der Waals surface area contributed by atoms with E-state index >= 15 is 0 Å². The normalized spacial score (nSPS) is 14.4. The lowest BCUT2D eigenvalue weighted by molar-refractivity contribution is -0.873. The van der Waals surface area contributed by atoms with Crippen LogP contribution < -0.4 is 0 Å². The zero-order chi connectivity index (χ0) is 14.8. The van der Waals surface area contributed by atoms with Crippen LogP contribution in [0.2, 0.25) is 0 Å². The maximum atomic E-state index is 10.4. The van der Waals surface area contributed by atoms with E-state index in [2.05, 4.69) is 28.1 Å². The number of carboxylic acid groups (broad SMARTS) is 1. The van der Waals surface area contributed by atoms with Gasteiger partial charge in [-0.3, -0.25) is 4.79 Å². The van der Waals surface area contributed by atoms with Crippen LogP contribution in [-0.4, -0.2) is 54.5 Å². The van der Waals surface area contributed by atoms with Gasteiger partial charge in [0.05, 0.1) is 27.1 Å². The van der Waals surface area contributed by atoms with Gasteiger partial charge in [0.25, 0.3) is 0 Å². The van der Waals surface area contributed by atoms with Crippen molar-refractivity contribution >= 4 is 5.97 Å². The molecule has 0 aliphatic rings. The molecule has 0 spiro atoms. The zero-order valence-corrected chi connectivity index (χ0v) is 12.9. The van der Waals surface area contributed by atoms with Crippen molar-refractivity contribution in [3.63, 3.8) is 0 Å². The Labute approximate surface area is 112 Å². The van der Waals surface area contributed by atoms with Crippen molar-refractivity contribution in [2.45, 2.75) is 52.6 Å². The van der Waals surface area contributed by atoms with Crippen LogP contribution >= 0.6 is 0 Å². The Morgan fingerprint density at radius 2 is 1.72 bits per heavy atom. The molecule has 0 aromatic carbocycles. The molecule has 0 saturated heterocycles. The second kappa shape index (κ2) is 10.3. The quantitative estimate of drug-likeness (QED) is 0.693. The monoisotopic (exact) mass is 262 g/mol. The van der Waals surface area contributed by atoms with E-state index in [-0.39, 0.29) is 12.0 Å². The van der Waals surface area contributed by atoms with Gasteiger partial charge in [-0.05, 0) is 19.8 Å². The van der Waals surface area contributed by atoms with Crippen molar-refractivity contribution in [2.75, 3.05) is 27.7 Å². The number of aliphatic hydroxyl groups is 1. The van der Waals surface area contributed by atoms with Crippen LogP contribution in [0.1, 0.15) is 46.5 Å². The van der Waals surface area contributed by atoms with Crippen LogP contribution in [0.5, 0.6) is 0 Å². The van der Waals surface area contributed by atoms with Crippen LogP contribution in [0, 0.1) is 5.92 Å². The Hall–Kier alpha value is -0.610. The van der Waals surface area contributed by atoms with Crippen molar-refractivity contribution in [3.8, 4) is 0 Å². The Bertz CT molecular complexity index is 210. The van der Waals surface area contributed by atoms with E-state index in [4.69, 9.17) is 10.2 Å². The zero-order valence-electron chi connectivity index (χ0n) is 12.9. The molecule has 2 N–H and O–H groups in total. The van der Waals surface area contributed by atoms with Gasteiger partial charge in [-0.25, -0.2) is 0 Å². The van der Waals surface area contributed by atoms with Crippen molar-refractivity contribution in [1.82, 2.24) is 0 Å². The standard InChI is InChI=1S/C8H16O2.C6H16NO/c1-3-5-6-7(4-2)8(9)10;1-6(8)5-7(2,3)4/h7H,3-6H2,1-2H3,(H,9,10);6,8H,5H2,1-4H3/q;+1. The number of nitrogens with zero attached hydrogens (tertiary/aromatic N) is 1. The fourth-order valence-electron chi connectivity index (χ4n) is 1.75. The molecule has 0 aromatic rings. The minimum Gasteiger partial charge on any atom is -0.481 e. The van der Waals surface area contributed by atoms with Gasteiger partial charge in [0.15, 0.2) is 0 Å². The molecule has 0 rings (SSSR count). The number of likely N-dealkylation sites (N-methyl/N-ethyl adjacent to an activating group) is 1. The summed E-state index contributed by atoms with van der Waals surface area (Å²) in [5.41, 5.74) is 0. The van der Waals surface area contributed by atoms with E-state index < -0.39 is 5.97 Å². The van der Waals surface area contributed by atoms with E-state index in [9.17, 15) is 4.79 Å². The average molecular weight is 262 g/mol. The molecular weight excluding hydrogens is 230 g/mol. The number of quaternary nitrogens is 1. The van der Waals surface area contributed by atoms with E-state index in [0.717, 1.165) is 36.7 Å². The lowest BCUT2D eigenvalue weighted by Crippen LogP contribution is -2.40. The largest absolute Gasteiger partial charge is 0.481 e. The topological polar surface area (TPSA) is 57.5 Å². The third-order valence-corrected chi connectivity index (χ3v) is 2.56. The van der Waals surface area contributed by atoms with E-state index in [0.29, 0.717) is 0 Å². The summed E-state index contributed by atoms with van der Waals surface area (Å²) in [6, 6.07) is 0. The van der Waals surface area contributed by atoms with Gasteiger partial charge in [0.2, 0.25) is 0 Å². The van der Waals surface area contributed by atoms with Gasteiger partial charge in [-0.15, -0.1) is 0 Å². The summed E-state index contributed by atoms with van der Waals surface area (Å²) in [7, 11) is 6.19. The second-order valence-corrected chi connectivity index (χ2v) is 5.91. The predicted octanol–water partition coefficient (Wildman–Crippen LogP) is 2.36. The smallest absolute Gasteiger partial charge is 0.306 e. The summed E-state index contributed by atoms with van der Waals surface area (Å²) in [5, 5.41) is 17.5. The van der Waals surface area contributed by atoms with Crippen LogP contribution in [0.4, 0.5) is 0 Å². The van der Waals surface area contributed by atoms with Crippen LogP contribution in [0.25, 0.3) is 0 Å². The van der Waals surface area contributed by atoms with Crippen molar-refractivity contribution in [1.29, 1.82) is 0 Å². The number of carbonyl (C=O) groups is 1. The van der Waals surface area contributed by atoms with Gasteiger partial charge in [-0.2, -0.15) is 0 Å². The third-order valence-electron chi connectivity index (χ3n) is 2.56. The number of aliphatic hydroxyl groups excluding tert-OH is 1. The summed E-state index contributed by atoms with van der Waals surface area (Å²) in [4.78, 5) is 10.4. The SMILES string of the molecule is CC(O)C[N+](C)(C)C.CCCCC(CC)C(=O)O. The first-order valence-corrected chi connectivity index (χ1v) is 6.85. The number of hydrogen-bond donors (Lipinski definition) is 2. The molecule has 0 radical (unpaired) electrons. The Morgan fingerprint density at radius 3 is 1.89 bits per heavy atom. The number of unbranched alkanes of at least 4 members (excludes halogenated alkanes) is 1. The first kappa shape index (κ1) is 19.7. The fraction of sp³-hybridized carbons (Fsp3) is 0.929. The third kappa shape index (κ3) is 15.4. The van der Waals surface area contributed by atoms with Crippen LogP contribution in [-0.2, 0) is 4.79 Å². The number of hydrogen-bond acceptors (Lipinski definition) is 2. The van der Waals surface area contributed by atoms with Crippen LogP contribution in [0.15, 0.2) is 0 Å². The predicted molar refractivity (Wildman–Crippen MR) is 75.5 cm³/mol. The van der Waals surface area contributed by atoms with Crippen molar-refractivity contribution in [3.05, 3.63) is 0 Å². The molecular formula is C14H32NO3+. The van der Waals surface area contributed by atoms with Gasteiger partial charge in [0, 0.05) is 0 Å². The first-order chi connectivity index (χ1) is 8.14. The maximum Gasteiger partial charge on any atom is 0.306 e. The minimum absolute atomic E-state index is 0.111. The van der Waals surface area contributed by atoms with Gasteiger partial charge < -0.3 is 14.7 Å². The number of rotatable bonds is 7. The lowest BCUT2D eigenvalue weighted by Gasteiger charge is -2.24. The molecule has 0 heterocycles. The molecule has 2 atom stereocenters. The molecule has 0 fully saturated rings. The summed E-state index contributed by atoms with van der Waals surface area (Å²) < 4.78 is 0.831. The molecule has 0 aromatic heterocycles. The number of carboxylic acids is 1. The summed E-state index contributed by atoms with van der Waals surface area (Å²) in [6.45, 7) is 6.63. The molecule has 0 aliphatic heterocycles. The van der Waals surface area contributed by atoms with E-state index in [1.165, 1.54) is 0 Å². The Kier molecular flexibility index (Phi) is 11.3. The number of aliphatic carboxylic acids is 1. The fourth-order valence-corrected chi connectivity index (χ4v) is 1.75. The molecule has 0 amide bonds. The van der Waals surface area contributed by atoms with Gasteiger partial charge in [0.1, 0.15) is 12.6 Å². The van der Waals surface area contributed by atoms with Crippen molar-refractivity contribution < 1.29 is 19.5 Å². The highest BCUT2D eigenvalue weighted by molar-refractivity contribution is 5.69. The first-order valence-electron chi connectivity index (χ1n) is 6.85. The van der Waals surface area contributed by atoms with E-state index in [1.807, 2.05) is 13.8 Å². The van der Waals surface area contributed by atoms with Crippen LogP contribution in [0.3, 0.4) is 0 Å². The Morgan fingerprint density at radius 1 is 1.22 bits per heavy atom. The summed E-state index contributed by atoms with van der Waals surface area (Å²) in [6.07, 6.45) is 3.53. The molecule has 110 valence electrons. The molecule has 4 heteroatoms. The van der Waals surface area contributed by atoms with Crippen molar-refractivity contribution in [2.24, 2.45) is 5.92 Å². The maximum absolute atomic E-state index is 10.4.